The van der Waals surface area contributed by atoms with Crippen LogP contribution in [0.2, 0.25) is 0 Å². The molecule has 0 bridgehead atoms. The van der Waals surface area contributed by atoms with Gasteiger partial charge < -0.3 is 31.5 Å². The Morgan fingerprint density at radius 3 is 2.28 bits per heavy atom. The maximum Gasteiger partial charge on any atom is 0.322 e. The van der Waals surface area contributed by atoms with Gasteiger partial charge in [-0.2, -0.15) is 0 Å². The molecule has 1 aliphatic rings. The fourth-order valence-electron chi connectivity index (χ4n) is 3.33. The monoisotopic (exact) mass is 448 g/mol. The van der Waals surface area contributed by atoms with Crippen LogP contribution in [0.15, 0.2) is 30.3 Å². The molecule has 1 heterocycles. The van der Waals surface area contributed by atoms with Gasteiger partial charge in [0.25, 0.3) is 0 Å². The second kappa shape index (κ2) is 12.4. The van der Waals surface area contributed by atoms with E-state index >= 15 is 0 Å². The molecule has 0 radical (unpaired) electrons. The van der Waals surface area contributed by atoms with Crippen molar-refractivity contribution in [2.24, 2.45) is 0 Å². The highest BCUT2D eigenvalue weighted by Crippen LogP contribution is 2.08. The average Bonchev–Trinajstić information content (AvgIpc) is 3.30. The lowest BCUT2D eigenvalue weighted by Crippen LogP contribution is -2.56. The first-order valence-corrected chi connectivity index (χ1v) is 10.4. The first-order valence-electron chi connectivity index (χ1n) is 10.4. The number of hydrogen-bond donors (Lipinski definition) is 6. The minimum atomic E-state index is -1.24. The molecule has 1 saturated heterocycles. The summed E-state index contributed by atoms with van der Waals surface area (Å²) in [5, 5.41) is 28.2. The predicted octanol–water partition coefficient (Wildman–Crippen LogP) is -0.984. The van der Waals surface area contributed by atoms with Crippen molar-refractivity contribution in [3.63, 3.8) is 0 Å². The lowest BCUT2D eigenvalue weighted by Gasteiger charge is -2.24. The van der Waals surface area contributed by atoms with Crippen molar-refractivity contribution in [2.45, 2.75) is 50.2 Å². The second-order valence-corrected chi connectivity index (χ2v) is 7.50. The fraction of sp³-hybridized carbons (Fsp3) is 0.476. The molecular weight excluding hydrogens is 420 g/mol. The SMILES string of the molecule is O=C(O)CCC(NC(=O)C1CCCN1)C(=O)NC(Cc1ccccc1)C(=O)NCC(=O)O. The second-order valence-electron chi connectivity index (χ2n) is 7.50. The highest BCUT2D eigenvalue weighted by atomic mass is 16.4. The first kappa shape index (κ1) is 24.8. The van der Waals surface area contributed by atoms with Crippen molar-refractivity contribution in [1.82, 2.24) is 21.3 Å². The lowest BCUT2D eigenvalue weighted by molar-refractivity contribution is -0.138. The van der Waals surface area contributed by atoms with E-state index in [1.807, 2.05) is 0 Å². The average molecular weight is 448 g/mol. The number of carbonyl (C=O) groups is 5. The molecular formula is C21H28N4O7. The highest BCUT2D eigenvalue weighted by molar-refractivity contribution is 5.94. The summed E-state index contributed by atoms with van der Waals surface area (Å²) in [6.07, 6.45) is 0.988. The maximum atomic E-state index is 12.9. The predicted molar refractivity (Wildman–Crippen MR) is 113 cm³/mol. The fourth-order valence-corrected chi connectivity index (χ4v) is 3.33. The van der Waals surface area contributed by atoms with Gasteiger partial charge in [0.15, 0.2) is 0 Å². The molecule has 11 heteroatoms. The number of aliphatic carboxylic acids is 2. The molecule has 11 nitrogen and oxygen atoms in total. The van der Waals surface area contributed by atoms with E-state index in [2.05, 4.69) is 21.3 Å². The van der Waals surface area contributed by atoms with Crippen molar-refractivity contribution in [2.75, 3.05) is 13.1 Å². The van der Waals surface area contributed by atoms with Crippen LogP contribution in [0.25, 0.3) is 0 Å². The zero-order valence-electron chi connectivity index (χ0n) is 17.5. The molecule has 0 saturated carbocycles. The van der Waals surface area contributed by atoms with Gasteiger partial charge in [-0.05, 0) is 31.4 Å². The van der Waals surface area contributed by atoms with Crippen molar-refractivity contribution < 1.29 is 34.2 Å². The zero-order valence-corrected chi connectivity index (χ0v) is 17.5. The van der Waals surface area contributed by atoms with Crippen LogP contribution in [0.5, 0.6) is 0 Å². The molecule has 3 amide bonds. The van der Waals surface area contributed by atoms with Crippen LogP contribution in [0.4, 0.5) is 0 Å². The van der Waals surface area contributed by atoms with Gasteiger partial charge in [0.05, 0.1) is 6.04 Å². The van der Waals surface area contributed by atoms with E-state index in [9.17, 15) is 24.0 Å². The van der Waals surface area contributed by atoms with E-state index in [0.717, 1.165) is 12.0 Å². The Morgan fingerprint density at radius 2 is 1.69 bits per heavy atom. The van der Waals surface area contributed by atoms with Crippen LogP contribution in [-0.4, -0.2) is 71.1 Å². The van der Waals surface area contributed by atoms with E-state index in [0.29, 0.717) is 13.0 Å². The molecule has 0 spiro atoms. The van der Waals surface area contributed by atoms with Crippen LogP contribution >= 0.6 is 0 Å². The molecule has 3 atom stereocenters. The quantitative estimate of drug-likeness (QED) is 0.236. The van der Waals surface area contributed by atoms with Crippen LogP contribution in [-0.2, 0) is 30.4 Å². The van der Waals surface area contributed by atoms with Gasteiger partial charge in [-0.25, -0.2) is 0 Å². The summed E-state index contributed by atoms with van der Waals surface area (Å²) in [5.41, 5.74) is 0.726. The first-order chi connectivity index (χ1) is 15.3. The number of amides is 3. The van der Waals surface area contributed by atoms with Gasteiger partial charge in [-0.1, -0.05) is 30.3 Å². The minimum Gasteiger partial charge on any atom is -0.481 e. The van der Waals surface area contributed by atoms with Gasteiger partial charge in [-0.3, -0.25) is 24.0 Å². The number of hydrogen-bond acceptors (Lipinski definition) is 6. The van der Waals surface area contributed by atoms with Crippen LogP contribution < -0.4 is 21.3 Å². The molecule has 1 aromatic rings. The maximum absolute atomic E-state index is 12.9. The van der Waals surface area contributed by atoms with E-state index in [1.165, 1.54) is 0 Å². The molecule has 1 aliphatic heterocycles. The van der Waals surface area contributed by atoms with Crippen molar-refractivity contribution in [1.29, 1.82) is 0 Å². The summed E-state index contributed by atoms with van der Waals surface area (Å²) >= 11 is 0. The summed E-state index contributed by atoms with van der Waals surface area (Å²) in [5.74, 6) is -4.20. The summed E-state index contributed by atoms with van der Waals surface area (Å²) < 4.78 is 0. The van der Waals surface area contributed by atoms with Gasteiger partial charge in [0.1, 0.15) is 18.6 Å². The smallest absolute Gasteiger partial charge is 0.322 e. The third-order valence-electron chi connectivity index (χ3n) is 4.99. The number of rotatable bonds is 12. The number of carboxylic acid groups (broad SMARTS) is 2. The molecule has 6 N–H and O–H groups in total. The van der Waals surface area contributed by atoms with Gasteiger partial charge in [-0.15, -0.1) is 0 Å². The van der Waals surface area contributed by atoms with E-state index in [-0.39, 0.29) is 19.3 Å². The molecule has 1 fully saturated rings. The van der Waals surface area contributed by atoms with Crippen molar-refractivity contribution >= 4 is 29.7 Å². The third-order valence-corrected chi connectivity index (χ3v) is 4.99. The van der Waals surface area contributed by atoms with Crippen LogP contribution in [0.1, 0.15) is 31.2 Å². The van der Waals surface area contributed by atoms with Crippen LogP contribution in [0, 0.1) is 0 Å². The van der Waals surface area contributed by atoms with Gasteiger partial charge in [0, 0.05) is 12.8 Å². The van der Waals surface area contributed by atoms with Gasteiger partial charge in [0.2, 0.25) is 17.7 Å². The van der Waals surface area contributed by atoms with Crippen molar-refractivity contribution in [3.05, 3.63) is 35.9 Å². The molecule has 1 aromatic carbocycles. The summed E-state index contributed by atoms with van der Waals surface area (Å²) in [7, 11) is 0. The number of nitrogens with one attached hydrogen (secondary N) is 4. The van der Waals surface area contributed by atoms with E-state index < -0.39 is 54.3 Å². The highest BCUT2D eigenvalue weighted by Gasteiger charge is 2.30. The lowest BCUT2D eigenvalue weighted by atomic mass is 10.0. The largest absolute Gasteiger partial charge is 0.481 e. The van der Waals surface area contributed by atoms with E-state index in [4.69, 9.17) is 10.2 Å². The Bertz CT molecular complexity index is 825. The van der Waals surface area contributed by atoms with Crippen molar-refractivity contribution in [3.8, 4) is 0 Å². The normalized spacial score (nSPS) is 17.1. The molecule has 0 aromatic heterocycles. The Morgan fingerprint density at radius 1 is 0.969 bits per heavy atom. The summed E-state index contributed by atoms with van der Waals surface area (Å²) in [4.78, 5) is 59.7. The topological polar surface area (TPSA) is 174 Å². The number of benzene rings is 1. The summed E-state index contributed by atoms with van der Waals surface area (Å²) in [6, 6.07) is 6.06. The standard InChI is InChI=1S/C21H28N4O7/c26-17(27)9-8-15(24-20(31)14-7-4-10-22-14)21(32)25-16(19(30)23-12-18(28)29)11-13-5-2-1-3-6-13/h1-3,5-6,14-16,22H,4,7-12H2,(H,23,30)(H,24,31)(H,25,32)(H,26,27)(H,28,29). The number of carbonyl (C=O) groups excluding carboxylic acids is 3. The number of carboxylic acids is 2. The Labute approximate surface area is 184 Å². The Balaban J connectivity index is 2.12. The van der Waals surface area contributed by atoms with Gasteiger partial charge >= 0.3 is 11.9 Å². The minimum absolute atomic E-state index is 0.0851. The molecule has 3 unspecified atom stereocenters. The third kappa shape index (κ3) is 8.34. The molecule has 174 valence electrons. The Kier molecular flexibility index (Phi) is 9.61. The molecule has 32 heavy (non-hydrogen) atoms. The zero-order chi connectivity index (χ0) is 23.5. The Hall–Kier alpha value is -3.47. The summed E-state index contributed by atoms with van der Waals surface area (Å²) in [6.45, 7) is 0.0551. The molecule has 2 rings (SSSR count). The van der Waals surface area contributed by atoms with Crippen LogP contribution in [0.3, 0.4) is 0 Å². The molecule has 0 aliphatic carbocycles. The van der Waals surface area contributed by atoms with E-state index in [1.54, 1.807) is 30.3 Å².